The second-order valence-electron chi connectivity index (χ2n) is 12.4. The van der Waals surface area contributed by atoms with Gasteiger partial charge in [0, 0.05) is 6.42 Å². The van der Waals surface area contributed by atoms with Crippen molar-refractivity contribution >= 4 is 30.8 Å². The molecule has 16 heteroatoms. The maximum atomic E-state index is 16.5. The Bertz CT molecular complexity index is 1580. The highest BCUT2D eigenvalue weighted by atomic mass is 31.2. The Balaban J connectivity index is 1.39. The minimum atomic E-state index is -4.33. The van der Waals surface area contributed by atoms with Gasteiger partial charge in [0.25, 0.3) is 0 Å². The summed E-state index contributed by atoms with van der Waals surface area (Å²) in [5.74, 6) is -0.484. The van der Waals surface area contributed by atoms with E-state index in [4.69, 9.17) is 29.0 Å². The third-order valence-corrected chi connectivity index (χ3v) is 9.13. The Labute approximate surface area is 254 Å². The minimum Gasteiger partial charge on any atom is -0.476 e. The van der Waals surface area contributed by atoms with Gasteiger partial charge >= 0.3 is 13.7 Å². The van der Waals surface area contributed by atoms with Crippen molar-refractivity contribution in [2.45, 2.75) is 77.1 Å². The van der Waals surface area contributed by atoms with E-state index in [0.717, 1.165) is 0 Å². The van der Waals surface area contributed by atoms with Gasteiger partial charge in [-0.25, -0.2) is 13.9 Å². The lowest BCUT2D eigenvalue weighted by Crippen LogP contribution is -2.43. The average molecular weight is 637 g/mol. The number of halogens is 1. The number of para-hydroxylation sites is 1. The van der Waals surface area contributed by atoms with E-state index in [9.17, 15) is 14.5 Å². The Hall–Kier alpha value is -3.36. The SMILES string of the molecule is CCOc1nc(N)nc2c1ncn2C1OC2(COP(=O)(NC(C)C(=O)OCC(C)(C)C)Oc3ccccc3)CC2(O)C1(C)F. The van der Waals surface area contributed by atoms with Gasteiger partial charge in [0.2, 0.25) is 11.8 Å². The van der Waals surface area contributed by atoms with Gasteiger partial charge in [0.05, 0.1) is 26.1 Å². The summed E-state index contributed by atoms with van der Waals surface area (Å²) in [5, 5.41) is 14.1. The van der Waals surface area contributed by atoms with Crippen LogP contribution in [0.4, 0.5) is 10.3 Å². The Morgan fingerprint density at radius 3 is 2.68 bits per heavy atom. The molecule has 2 fully saturated rings. The normalized spacial score (nSPS) is 28.2. The lowest BCUT2D eigenvalue weighted by atomic mass is 9.96. The molecule has 6 atom stereocenters. The molecule has 1 aliphatic carbocycles. The number of aromatic nitrogens is 4. The predicted molar refractivity (Wildman–Crippen MR) is 156 cm³/mol. The summed E-state index contributed by atoms with van der Waals surface area (Å²) in [6.45, 7) is 9.99. The molecule has 5 rings (SSSR count). The summed E-state index contributed by atoms with van der Waals surface area (Å²) < 4.78 is 60.3. The van der Waals surface area contributed by atoms with Crippen molar-refractivity contribution in [2.24, 2.45) is 5.41 Å². The van der Waals surface area contributed by atoms with Crippen molar-refractivity contribution in [3.05, 3.63) is 36.7 Å². The van der Waals surface area contributed by atoms with Gasteiger partial charge in [-0.3, -0.25) is 13.9 Å². The summed E-state index contributed by atoms with van der Waals surface area (Å²) in [7, 11) is -4.33. The highest BCUT2D eigenvalue weighted by molar-refractivity contribution is 7.52. The van der Waals surface area contributed by atoms with Gasteiger partial charge in [0.15, 0.2) is 23.1 Å². The van der Waals surface area contributed by atoms with Crippen LogP contribution in [-0.4, -0.2) is 73.3 Å². The zero-order valence-corrected chi connectivity index (χ0v) is 26.3. The van der Waals surface area contributed by atoms with Crippen molar-refractivity contribution in [2.75, 3.05) is 25.6 Å². The van der Waals surface area contributed by atoms with E-state index in [1.165, 1.54) is 24.7 Å². The zero-order valence-electron chi connectivity index (χ0n) is 25.4. The Morgan fingerprint density at radius 1 is 1.32 bits per heavy atom. The van der Waals surface area contributed by atoms with E-state index in [0.29, 0.717) is 0 Å². The van der Waals surface area contributed by atoms with Crippen LogP contribution in [0.15, 0.2) is 36.7 Å². The molecule has 3 heterocycles. The van der Waals surface area contributed by atoms with E-state index < -0.39 is 49.5 Å². The largest absolute Gasteiger partial charge is 0.476 e. The number of rotatable bonds is 12. The van der Waals surface area contributed by atoms with Crippen molar-refractivity contribution in [1.29, 1.82) is 0 Å². The van der Waals surface area contributed by atoms with Crippen molar-refractivity contribution < 1.29 is 42.1 Å². The number of nitrogens with two attached hydrogens (primary N) is 1. The molecule has 1 saturated heterocycles. The van der Waals surface area contributed by atoms with Crippen LogP contribution in [0.2, 0.25) is 0 Å². The number of imidazole rings is 1. The molecule has 1 aromatic carbocycles. The van der Waals surface area contributed by atoms with Gasteiger partial charge in [0.1, 0.15) is 23.0 Å². The lowest BCUT2D eigenvalue weighted by molar-refractivity contribution is -0.148. The number of hydrogen-bond donors (Lipinski definition) is 3. The van der Waals surface area contributed by atoms with Gasteiger partial charge in [-0.15, -0.1) is 0 Å². The predicted octanol–water partition coefficient (Wildman–Crippen LogP) is 3.71. The number of benzene rings is 1. The molecule has 0 bridgehead atoms. The van der Waals surface area contributed by atoms with Crippen LogP contribution in [0.1, 0.15) is 54.2 Å². The number of carbonyl (C=O) groups is 1. The van der Waals surface area contributed by atoms with E-state index in [-0.39, 0.29) is 53.8 Å². The van der Waals surface area contributed by atoms with Crippen LogP contribution in [0.25, 0.3) is 11.2 Å². The molecule has 44 heavy (non-hydrogen) atoms. The summed E-state index contributed by atoms with van der Waals surface area (Å²) in [4.78, 5) is 25.2. The molecule has 14 nitrogen and oxygen atoms in total. The topological polar surface area (TPSA) is 182 Å². The van der Waals surface area contributed by atoms with Gasteiger partial charge < -0.3 is 29.6 Å². The minimum absolute atomic E-state index is 0.120. The second-order valence-corrected chi connectivity index (χ2v) is 14.1. The fraction of sp³-hybridized carbons (Fsp3) is 0.571. The molecule has 6 unspecified atom stereocenters. The first-order valence-corrected chi connectivity index (χ1v) is 15.7. The van der Waals surface area contributed by atoms with E-state index in [1.54, 1.807) is 37.3 Å². The summed E-state index contributed by atoms with van der Waals surface area (Å²) in [6.07, 6.45) is -0.291. The van der Waals surface area contributed by atoms with Crippen LogP contribution < -0.4 is 20.1 Å². The number of aliphatic hydroxyl groups is 1. The van der Waals surface area contributed by atoms with Crippen LogP contribution in [0, 0.1) is 5.41 Å². The van der Waals surface area contributed by atoms with Crippen LogP contribution >= 0.6 is 7.75 Å². The Morgan fingerprint density at radius 2 is 2.02 bits per heavy atom. The number of ether oxygens (including phenoxy) is 3. The lowest BCUT2D eigenvalue weighted by Gasteiger charge is -2.28. The zero-order chi connectivity index (χ0) is 32.1. The molecule has 240 valence electrons. The number of alkyl halides is 1. The average Bonchev–Trinajstić information content (AvgIpc) is 3.26. The first kappa shape index (κ1) is 32.0. The highest BCUT2D eigenvalue weighted by Crippen LogP contribution is 2.69. The number of anilines is 1. The number of nitrogens with zero attached hydrogens (tertiary/aromatic N) is 4. The standard InChI is InChI=1S/C28H38FN6O8P/c1-7-39-21-19-20(32-24(30)33-21)35(16-31-19)23-26(6,29)28(37)13-27(28,42-23)15-41-44(38,43-18-11-9-8-10-12-18)34-17(2)22(36)40-14-25(3,4)5/h8-12,16-17,23,37H,7,13-15H2,1-6H3,(H,34,38)(H2,30,32,33). The molecule has 0 amide bonds. The van der Waals surface area contributed by atoms with Crippen LogP contribution in [0.3, 0.4) is 0 Å². The molecule has 0 radical (unpaired) electrons. The molecular weight excluding hydrogens is 598 g/mol. The highest BCUT2D eigenvalue weighted by Gasteiger charge is 2.85. The van der Waals surface area contributed by atoms with E-state index in [1.807, 2.05) is 20.8 Å². The maximum Gasteiger partial charge on any atom is 0.459 e. The number of hydrogen-bond acceptors (Lipinski definition) is 12. The number of nitrogens with one attached hydrogen (secondary N) is 1. The molecule has 4 N–H and O–H groups in total. The molecule has 1 aliphatic heterocycles. The summed E-state index contributed by atoms with van der Waals surface area (Å²) >= 11 is 0. The summed E-state index contributed by atoms with van der Waals surface area (Å²) in [6, 6.07) is 7.09. The second kappa shape index (κ2) is 11.2. The molecule has 2 aromatic heterocycles. The third kappa shape index (κ3) is 5.86. The van der Waals surface area contributed by atoms with E-state index >= 15 is 4.39 Å². The molecule has 0 spiro atoms. The van der Waals surface area contributed by atoms with Gasteiger partial charge in [-0.05, 0) is 38.3 Å². The van der Waals surface area contributed by atoms with Crippen LogP contribution in [-0.2, 0) is 23.4 Å². The first-order valence-electron chi connectivity index (χ1n) is 14.2. The fourth-order valence-electron chi connectivity index (χ4n) is 5.10. The number of fused-ring (bicyclic) bond motifs is 2. The third-order valence-electron chi connectivity index (χ3n) is 7.51. The first-order chi connectivity index (χ1) is 20.5. The molecule has 1 saturated carbocycles. The van der Waals surface area contributed by atoms with Crippen molar-refractivity contribution in [3.63, 3.8) is 0 Å². The van der Waals surface area contributed by atoms with E-state index in [2.05, 4.69) is 20.0 Å². The monoisotopic (exact) mass is 636 g/mol. The smallest absolute Gasteiger partial charge is 0.459 e. The number of esters is 1. The maximum absolute atomic E-state index is 16.5. The van der Waals surface area contributed by atoms with Gasteiger partial charge in [-0.2, -0.15) is 15.1 Å². The number of nitrogen functional groups attached to an aromatic ring is 1. The molecule has 2 aliphatic rings. The van der Waals surface area contributed by atoms with Crippen molar-refractivity contribution in [3.8, 4) is 11.6 Å². The van der Waals surface area contributed by atoms with Crippen LogP contribution in [0.5, 0.6) is 11.6 Å². The summed E-state index contributed by atoms with van der Waals surface area (Å²) in [5.41, 5.74) is -0.0801. The Kier molecular flexibility index (Phi) is 8.17. The quantitative estimate of drug-likeness (QED) is 0.193. The van der Waals surface area contributed by atoms with Gasteiger partial charge in [-0.1, -0.05) is 39.0 Å². The van der Waals surface area contributed by atoms with Crippen molar-refractivity contribution in [1.82, 2.24) is 24.6 Å². The number of carbonyl (C=O) groups excluding carboxylic acids is 1. The fourth-order valence-corrected chi connectivity index (χ4v) is 6.63. The molecular formula is C28H38FN6O8P. The molecule has 3 aromatic rings.